The number of rotatable bonds is 5. The lowest BCUT2D eigenvalue weighted by atomic mass is 9.86. The van der Waals surface area contributed by atoms with Crippen molar-refractivity contribution in [3.8, 4) is 5.75 Å². The van der Waals surface area contributed by atoms with Gasteiger partial charge >= 0.3 is 0 Å². The number of aliphatic hydroxyl groups is 1. The first-order valence-corrected chi connectivity index (χ1v) is 7.82. The second-order valence-corrected chi connectivity index (χ2v) is 6.01. The number of nitrogens with one attached hydrogen (secondary N) is 1. The van der Waals surface area contributed by atoms with Crippen molar-refractivity contribution < 1.29 is 14.6 Å². The molecular formula is C16H22ClNO3. The van der Waals surface area contributed by atoms with Gasteiger partial charge in [-0.1, -0.05) is 24.4 Å². The quantitative estimate of drug-likeness (QED) is 0.879. The molecule has 3 atom stereocenters. The molecular weight excluding hydrogens is 290 g/mol. The van der Waals surface area contributed by atoms with E-state index in [1.807, 2.05) is 0 Å². The molecule has 0 aliphatic heterocycles. The Kier molecular flexibility index (Phi) is 5.88. The summed E-state index contributed by atoms with van der Waals surface area (Å²) in [5.41, 5.74) is 0. The van der Waals surface area contributed by atoms with Gasteiger partial charge in [0.15, 0.2) is 6.10 Å². The van der Waals surface area contributed by atoms with Crippen LogP contribution in [0.2, 0.25) is 5.02 Å². The molecule has 0 spiro atoms. The smallest absolute Gasteiger partial charge is 0.260 e. The van der Waals surface area contributed by atoms with Crippen LogP contribution in [0.15, 0.2) is 24.3 Å². The highest BCUT2D eigenvalue weighted by Gasteiger charge is 2.24. The molecule has 0 heterocycles. The molecule has 3 unspecified atom stereocenters. The number of ether oxygens (including phenoxy) is 1. The van der Waals surface area contributed by atoms with Crippen molar-refractivity contribution in [2.75, 3.05) is 6.54 Å². The Morgan fingerprint density at radius 3 is 2.71 bits per heavy atom. The topological polar surface area (TPSA) is 58.6 Å². The highest BCUT2D eigenvalue weighted by Crippen LogP contribution is 2.23. The number of halogens is 1. The summed E-state index contributed by atoms with van der Waals surface area (Å²) < 4.78 is 5.56. The molecule has 1 aromatic rings. The van der Waals surface area contributed by atoms with Crippen LogP contribution in [0, 0.1) is 5.92 Å². The first kappa shape index (κ1) is 16.1. The lowest BCUT2D eigenvalue weighted by Gasteiger charge is -2.28. The van der Waals surface area contributed by atoms with Crippen LogP contribution in [0.3, 0.4) is 0 Å². The van der Waals surface area contributed by atoms with E-state index in [-0.39, 0.29) is 17.9 Å². The zero-order chi connectivity index (χ0) is 15.2. The van der Waals surface area contributed by atoms with Crippen molar-refractivity contribution in [3.05, 3.63) is 29.3 Å². The van der Waals surface area contributed by atoms with Crippen LogP contribution < -0.4 is 10.1 Å². The van der Waals surface area contributed by atoms with Crippen molar-refractivity contribution >= 4 is 17.5 Å². The molecule has 1 aromatic carbocycles. The van der Waals surface area contributed by atoms with Crippen LogP contribution in [-0.4, -0.2) is 29.8 Å². The molecule has 0 radical (unpaired) electrons. The van der Waals surface area contributed by atoms with Gasteiger partial charge in [0, 0.05) is 17.5 Å². The van der Waals surface area contributed by atoms with Gasteiger partial charge in [-0.2, -0.15) is 0 Å². The first-order chi connectivity index (χ1) is 10.1. The minimum absolute atomic E-state index is 0.158. The van der Waals surface area contributed by atoms with Gasteiger partial charge in [0.25, 0.3) is 5.91 Å². The molecule has 5 heteroatoms. The molecule has 4 nitrogen and oxygen atoms in total. The largest absolute Gasteiger partial charge is 0.481 e. The lowest BCUT2D eigenvalue weighted by molar-refractivity contribution is -0.127. The van der Waals surface area contributed by atoms with Crippen LogP contribution >= 0.6 is 11.6 Å². The fraction of sp³-hybridized carbons (Fsp3) is 0.562. The highest BCUT2D eigenvalue weighted by molar-refractivity contribution is 6.30. The number of benzene rings is 1. The van der Waals surface area contributed by atoms with Gasteiger partial charge < -0.3 is 15.2 Å². The maximum absolute atomic E-state index is 12.0. The minimum atomic E-state index is -0.577. The van der Waals surface area contributed by atoms with Crippen molar-refractivity contribution in [2.45, 2.75) is 44.8 Å². The maximum Gasteiger partial charge on any atom is 0.260 e. The number of aliphatic hydroxyl groups excluding tert-OH is 1. The van der Waals surface area contributed by atoms with Crippen molar-refractivity contribution in [3.63, 3.8) is 0 Å². The third-order valence-corrected chi connectivity index (χ3v) is 4.16. The average molecular weight is 312 g/mol. The number of carbonyl (C=O) groups excluding carboxylic acids is 1. The summed E-state index contributed by atoms with van der Waals surface area (Å²) >= 11 is 5.80. The van der Waals surface area contributed by atoms with Gasteiger partial charge in [-0.15, -0.1) is 0 Å². The summed E-state index contributed by atoms with van der Waals surface area (Å²) in [7, 11) is 0. The lowest BCUT2D eigenvalue weighted by Crippen LogP contribution is -2.42. The normalized spacial score (nSPS) is 23.4. The van der Waals surface area contributed by atoms with E-state index in [1.54, 1.807) is 31.2 Å². The van der Waals surface area contributed by atoms with Crippen molar-refractivity contribution in [1.29, 1.82) is 0 Å². The predicted octanol–water partition coefficient (Wildman–Crippen LogP) is 2.77. The van der Waals surface area contributed by atoms with Gasteiger partial charge in [-0.25, -0.2) is 0 Å². The fourth-order valence-corrected chi connectivity index (χ4v) is 2.70. The Labute approximate surface area is 130 Å². The van der Waals surface area contributed by atoms with Gasteiger partial charge in [-0.3, -0.25) is 4.79 Å². The van der Waals surface area contributed by atoms with Crippen LogP contribution in [0.5, 0.6) is 5.75 Å². The van der Waals surface area contributed by atoms with E-state index in [1.165, 1.54) is 0 Å². The third kappa shape index (κ3) is 4.90. The Morgan fingerprint density at radius 1 is 1.38 bits per heavy atom. The summed E-state index contributed by atoms with van der Waals surface area (Å²) in [6, 6.07) is 6.91. The monoisotopic (exact) mass is 311 g/mol. The van der Waals surface area contributed by atoms with Crippen molar-refractivity contribution in [1.82, 2.24) is 5.32 Å². The van der Waals surface area contributed by atoms with Crippen molar-refractivity contribution in [2.24, 2.45) is 5.92 Å². The molecule has 1 fully saturated rings. The average Bonchev–Trinajstić information content (AvgIpc) is 2.48. The van der Waals surface area contributed by atoms with Crippen LogP contribution in [0.1, 0.15) is 32.6 Å². The number of hydrogen-bond acceptors (Lipinski definition) is 3. The number of amides is 1. The Bertz CT molecular complexity index is 463. The van der Waals surface area contributed by atoms with E-state index in [0.717, 1.165) is 25.7 Å². The van der Waals surface area contributed by atoms with Crippen LogP contribution in [-0.2, 0) is 4.79 Å². The SMILES string of the molecule is CC(Oc1ccc(Cl)cc1)C(=O)NCC1CCCCC1O. The zero-order valence-corrected chi connectivity index (χ0v) is 13.0. The summed E-state index contributed by atoms with van der Waals surface area (Å²) in [5, 5.41) is 13.4. The minimum Gasteiger partial charge on any atom is -0.481 e. The molecule has 2 rings (SSSR count). The molecule has 2 N–H and O–H groups in total. The van der Waals surface area contributed by atoms with Crippen LogP contribution in [0.4, 0.5) is 0 Å². The Hall–Kier alpha value is -1.26. The Morgan fingerprint density at radius 2 is 2.05 bits per heavy atom. The highest BCUT2D eigenvalue weighted by atomic mass is 35.5. The third-order valence-electron chi connectivity index (χ3n) is 3.90. The van der Waals surface area contributed by atoms with E-state index < -0.39 is 6.10 Å². The standard InChI is InChI=1S/C16H22ClNO3/c1-11(21-14-8-6-13(17)7-9-14)16(20)18-10-12-4-2-3-5-15(12)19/h6-9,11-12,15,19H,2-5,10H2,1H3,(H,18,20). The number of hydrogen-bond donors (Lipinski definition) is 2. The number of carbonyl (C=O) groups is 1. The van der Waals surface area contributed by atoms with Gasteiger partial charge in [0.1, 0.15) is 5.75 Å². The molecule has 116 valence electrons. The van der Waals surface area contributed by atoms with Gasteiger partial charge in [0.2, 0.25) is 0 Å². The summed E-state index contributed by atoms with van der Waals surface area (Å²) in [6.45, 7) is 2.22. The summed E-state index contributed by atoms with van der Waals surface area (Å²) in [4.78, 5) is 12.0. The summed E-state index contributed by atoms with van der Waals surface area (Å²) in [6.07, 6.45) is 3.11. The van der Waals surface area contributed by atoms with E-state index in [0.29, 0.717) is 17.3 Å². The molecule has 1 aliphatic carbocycles. The second kappa shape index (κ2) is 7.66. The molecule has 1 saturated carbocycles. The van der Waals surface area contributed by atoms with E-state index in [9.17, 15) is 9.90 Å². The van der Waals surface area contributed by atoms with Gasteiger partial charge in [-0.05, 0) is 44.0 Å². The van der Waals surface area contributed by atoms with E-state index in [4.69, 9.17) is 16.3 Å². The van der Waals surface area contributed by atoms with E-state index >= 15 is 0 Å². The molecule has 0 aromatic heterocycles. The summed E-state index contributed by atoms with van der Waals surface area (Å²) in [5.74, 6) is 0.605. The van der Waals surface area contributed by atoms with Crippen LogP contribution in [0.25, 0.3) is 0 Å². The molecule has 0 bridgehead atoms. The molecule has 0 saturated heterocycles. The molecule has 1 aliphatic rings. The van der Waals surface area contributed by atoms with E-state index in [2.05, 4.69) is 5.32 Å². The maximum atomic E-state index is 12.0. The zero-order valence-electron chi connectivity index (χ0n) is 12.2. The fourth-order valence-electron chi connectivity index (χ4n) is 2.57. The second-order valence-electron chi connectivity index (χ2n) is 5.57. The molecule has 1 amide bonds. The van der Waals surface area contributed by atoms with Gasteiger partial charge in [0.05, 0.1) is 6.10 Å². The molecule has 21 heavy (non-hydrogen) atoms. The first-order valence-electron chi connectivity index (χ1n) is 7.44. The Balaban J connectivity index is 1.78. The predicted molar refractivity (Wildman–Crippen MR) is 82.5 cm³/mol.